The Balaban J connectivity index is 2.95. The Morgan fingerprint density at radius 2 is 1.88 bits per heavy atom. The molecule has 4 nitrogen and oxygen atoms in total. The van der Waals surface area contributed by atoms with Gasteiger partial charge in [0.25, 0.3) is 0 Å². The molecule has 1 atom stereocenters. The molecule has 0 aliphatic rings. The summed E-state index contributed by atoms with van der Waals surface area (Å²) in [6.45, 7) is 4.11. The van der Waals surface area contributed by atoms with Gasteiger partial charge >= 0.3 is 0 Å². The van der Waals surface area contributed by atoms with Crippen LogP contribution in [0.5, 0.6) is 11.5 Å². The van der Waals surface area contributed by atoms with Gasteiger partial charge in [-0.1, -0.05) is 0 Å². The molecule has 1 rings (SSSR count). The van der Waals surface area contributed by atoms with E-state index in [9.17, 15) is 4.79 Å². The van der Waals surface area contributed by atoms with Crippen LogP contribution in [0.3, 0.4) is 0 Å². The lowest BCUT2D eigenvalue weighted by molar-refractivity contribution is 0.0520. The average Bonchev–Trinajstić information content (AvgIpc) is 2.37. The maximum atomic E-state index is 12.0. The first-order valence-electron chi connectivity index (χ1n) is 5.51. The number of carbonyl (C=O) groups is 1. The number of ether oxygens (including phenoxy) is 3. The number of benzene rings is 1. The van der Waals surface area contributed by atoms with Crippen molar-refractivity contribution < 1.29 is 19.0 Å². The predicted octanol–water partition coefficient (Wildman–Crippen LogP) is 2.31. The fraction of sp³-hybridized carbons (Fsp3) is 0.462. The van der Waals surface area contributed by atoms with Crippen molar-refractivity contribution in [2.75, 3.05) is 20.8 Å². The van der Waals surface area contributed by atoms with Gasteiger partial charge in [-0.15, -0.1) is 0 Å². The van der Waals surface area contributed by atoms with Crippen LogP contribution in [0.2, 0.25) is 0 Å². The first-order chi connectivity index (χ1) is 8.13. The Bertz CT molecular complexity index is 387. The summed E-state index contributed by atoms with van der Waals surface area (Å²) in [7, 11) is 3.10. The van der Waals surface area contributed by atoms with Gasteiger partial charge in [-0.25, -0.2) is 0 Å². The van der Waals surface area contributed by atoms with Gasteiger partial charge in [0.15, 0.2) is 17.3 Å². The number of Topliss-reactive ketones (excluding diaryl/α,β-unsaturated/α-hetero) is 1. The van der Waals surface area contributed by atoms with Gasteiger partial charge in [-0.3, -0.25) is 4.79 Å². The topological polar surface area (TPSA) is 44.8 Å². The molecule has 0 aromatic heterocycles. The molecular formula is C13H18O4. The number of methoxy groups -OCH3 is 2. The molecule has 1 unspecified atom stereocenters. The van der Waals surface area contributed by atoms with Crippen LogP contribution < -0.4 is 9.47 Å². The minimum absolute atomic E-state index is 0.0622. The van der Waals surface area contributed by atoms with Gasteiger partial charge in [0.1, 0.15) is 6.10 Å². The summed E-state index contributed by atoms with van der Waals surface area (Å²) in [5.41, 5.74) is 0.559. The minimum atomic E-state index is -0.446. The Hall–Kier alpha value is -1.55. The smallest absolute Gasteiger partial charge is 0.191 e. The maximum absolute atomic E-state index is 12.0. The fourth-order valence-electron chi connectivity index (χ4n) is 1.55. The summed E-state index contributed by atoms with van der Waals surface area (Å²) in [6.07, 6.45) is -0.446. The molecule has 0 fully saturated rings. The zero-order valence-electron chi connectivity index (χ0n) is 10.6. The van der Waals surface area contributed by atoms with Crippen molar-refractivity contribution in [1.82, 2.24) is 0 Å². The van der Waals surface area contributed by atoms with E-state index in [0.717, 1.165) is 0 Å². The van der Waals surface area contributed by atoms with E-state index < -0.39 is 6.10 Å². The van der Waals surface area contributed by atoms with Gasteiger partial charge in [-0.2, -0.15) is 0 Å². The number of hydrogen-bond acceptors (Lipinski definition) is 4. The molecule has 1 aromatic rings. The molecule has 0 saturated carbocycles. The van der Waals surface area contributed by atoms with Crippen LogP contribution in [0, 0.1) is 0 Å². The van der Waals surface area contributed by atoms with Gasteiger partial charge in [0.2, 0.25) is 0 Å². The van der Waals surface area contributed by atoms with E-state index in [1.54, 1.807) is 32.2 Å². The van der Waals surface area contributed by atoms with E-state index in [2.05, 4.69) is 0 Å². The summed E-state index contributed by atoms with van der Waals surface area (Å²) in [4.78, 5) is 12.0. The highest BCUT2D eigenvalue weighted by Gasteiger charge is 2.17. The first-order valence-corrected chi connectivity index (χ1v) is 5.51. The normalized spacial score (nSPS) is 12.0. The summed E-state index contributed by atoms with van der Waals surface area (Å²) < 4.78 is 15.5. The number of carbonyl (C=O) groups excluding carboxylic acids is 1. The molecule has 0 saturated heterocycles. The van der Waals surface area contributed by atoms with Crippen LogP contribution in [0.25, 0.3) is 0 Å². The molecule has 0 amide bonds. The average molecular weight is 238 g/mol. The molecule has 0 aliphatic carbocycles. The van der Waals surface area contributed by atoms with Crippen LogP contribution in [-0.4, -0.2) is 32.7 Å². The standard InChI is InChI=1S/C13H18O4/c1-5-17-9(2)13(14)10-6-7-11(15-3)12(8-10)16-4/h6-9H,5H2,1-4H3. The summed E-state index contributed by atoms with van der Waals surface area (Å²) in [6, 6.07) is 5.08. The van der Waals surface area contributed by atoms with Crippen LogP contribution in [0.15, 0.2) is 18.2 Å². The molecule has 0 N–H and O–H groups in total. The van der Waals surface area contributed by atoms with Crippen molar-refractivity contribution in [1.29, 1.82) is 0 Å². The van der Waals surface area contributed by atoms with Gasteiger partial charge in [-0.05, 0) is 32.0 Å². The number of rotatable bonds is 6. The van der Waals surface area contributed by atoms with E-state index in [4.69, 9.17) is 14.2 Å². The van der Waals surface area contributed by atoms with Crippen molar-refractivity contribution in [3.63, 3.8) is 0 Å². The lowest BCUT2D eigenvalue weighted by Gasteiger charge is -2.12. The molecule has 0 radical (unpaired) electrons. The molecule has 0 spiro atoms. The summed E-state index contributed by atoms with van der Waals surface area (Å²) in [5, 5.41) is 0. The third kappa shape index (κ3) is 3.20. The second-order valence-corrected chi connectivity index (χ2v) is 3.53. The van der Waals surface area contributed by atoms with Gasteiger partial charge < -0.3 is 14.2 Å². The van der Waals surface area contributed by atoms with Crippen molar-refractivity contribution >= 4 is 5.78 Å². The van der Waals surface area contributed by atoms with Crippen molar-refractivity contribution in [2.45, 2.75) is 20.0 Å². The van der Waals surface area contributed by atoms with E-state index in [0.29, 0.717) is 23.7 Å². The molecule has 4 heteroatoms. The molecule has 1 aromatic carbocycles. The van der Waals surface area contributed by atoms with Crippen LogP contribution in [0.1, 0.15) is 24.2 Å². The van der Waals surface area contributed by atoms with Gasteiger partial charge in [0, 0.05) is 12.2 Å². The predicted molar refractivity (Wildman–Crippen MR) is 65.0 cm³/mol. The fourth-order valence-corrected chi connectivity index (χ4v) is 1.55. The SMILES string of the molecule is CCOC(C)C(=O)c1ccc(OC)c(OC)c1. The van der Waals surface area contributed by atoms with Crippen LogP contribution >= 0.6 is 0 Å². The summed E-state index contributed by atoms with van der Waals surface area (Å²) >= 11 is 0. The lowest BCUT2D eigenvalue weighted by Crippen LogP contribution is -2.20. The monoisotopic (exact) mass is 238 g/mol. The lowest BCUT2D eigenvalue weighted by atomic mass is 10.1. The van der Waals surface area contributed by atoms with Crippen LogP contribution in [0.4, 0.5) is 0 Å². The first kappa shape index (κ1) is 13.5. The third-order valence-electron chi connectivity index (χ3n) is 2.45. The zero-order chi connectivity index (χ0) is 12.8. The zero-order valence-corrected chi connectivity index (χ0v) is 10.6. The molecule has 0 bridgehead atoms. The van der Waals surface area contributed by atoms with Gasteiger partial charge in [0.05, 0.1) is 14.2 Å². The van der Waals surface area contributed by atoms with Crippen LogP contribution in [-0.2, 0) is 4.74 Å². The quantitative estimate of drug-likeness (QED) is 0.713. The maximum Gasteiger partial charge on any atom is 0.191 e. The Morgan fingerprint density at radius 3 is 2.41 bits per heavy atom. The van der Waals surface area contributed by atoms with E-state index in [1.165, 1.54) is 7.11 Å². The number of ketones is 1. The largest absolute Gasteiger partial charge is 0.493 e. The minimum Gasteiger partial charge on any atom is -0.493 e. The Kier molecular flexibility index (Phi) is 4.97. The molecule has 94 valence electrons. The Morgan fingerprint density at radius 1 is 1.24 bits per heavy atom. The van der Waals surface area contributed by atoms with Crippen molar-refractivity contribution in [3.8, 4) is 11.5 Å². The van der Waals surface area contributed by atoms with E-state index >= 15 is 0 Å². The second kappa shape index (κ2) is 6.25. The van der Waals surface area contributed by atoms with Crippen molar-refractivity contribution in [2.24, 2.45) is 0 Å². The van der Waals surface area contributed by atoms with Crippen molar-refractivity contribution in [3.05, 3.63) is 23.8 Å². The summed E-state index contributed by atoms with van der Waals surface area (Å²) in [5.74, 6) is 1.09. The van der Waals surface area contributed by atoms with E-state index in [-0.39, 0.29) is 5.78 Å². The second-order valence-electron chi connectivity index (χ2n) is 3.53. The van der Waals surface area contributed by atoms with E-state index in [1.807, 2.05) is 6.92 Å². The molecule has 0 aliphatic heterocycles. The Labute approximate surface area is 101 Å². The highest BCUT2D eigenvalue weighted by molar-refractivity contribution is 5.99. The molecule has 0 heterocycles. The highest BCUT2D eigenvalue weighted by Crippen LogP contribution is 2.28. The molecule has 17 heavy (non-hydrogen) atoms. The third-order valence-corrected chi connectivity index (χ3v) is 2.45. The number of hydrogen-bond donors (Lipinski definition) is 0. The molecular weight excluding hydrogens is 220 g/mol. The highest BCUT2D eigenvalue weighted by atomic mass is 16.5.